The molecule has 0 radical (unpaired) electrons. The summed E-state index contributed by atoms with van der Waals surface area (Å²) < 4.78 is 5.01. The van der Waals surface area contributed by atoms with Crippen LogP contribution in [0, 0.1) is 0 Å². The maximum absolute atomic E-state index is 11.9. The molecular formula is C15H17NO3. The maximum Gasteiger partial charge on any atom is 0.258 e. The molecular weight excluding hydrogens is 242 g/mol. The van der Waals surface area contributed by atoms with Crippen molar-refractivity contribution in [1.82, 2.24) is 0 Å². The largest absolute Gasteiger partial charge is 0.466 e. The smallest absolute Gasteiger partial charge is 0.258 e. The molecule has 4 nitrogen and oxygen atoms in total. The van der Waals surface area contributed by atoms with Crippen molar-refractivity contribution in [3.8, 4) is 0 Å². The van der Waals surface area contributed by atoms with Gasteiger partial charge in [-0.1, -0.05) is 26.0 Å². The molecule has 0 aliphatic heterocycles. The van der Waals surface area contributed by atoms with E-state index in [1.54, 1.807) is 0 Å². The lowest BCUT2D eigenvalue weighted by Crippen LogP contribution is -2.10. The Hall–Kier alpha value is -2.07. The highest BCUT2D eigenvalue weighted by Gasteiger charge is 2.10. The van der Waals surface area contributed by atoms with Gasteiger partial charge in [-0.05, 0) is 29.7 Å². The first kappa shape index (κ1) is 13.4. The second kappa shape index (κ2) is 5.71. The second-order valence-corrected chi connectivity index (χ2v) is 4.69. The lowest BCUT2D eigenvalue weighted by atomic mass is 10.0. The highest BCUT2D eigenvalue weighted by atomic mass is 16.4. The van der Waals surface area contributed by atoms with Crippen molar-refractivity contribution in [3.63, 3.8) is 0 Å². The molecule has 0 aliphatic rings. The van der Waals surface area contributed by atoms with Gasteiger partial charge in [0.25, 0.3) is 5.91 Å². The zero-order valence-electron chi connectivity index (χ0n) is 11.0. The molecule has 1 amide bonds. The van der Waals surface area contributed by atoms with Gasteiger partial charge in [0.2, 0.25) is 0 Å². The minimum absolute atomic E-state index is 0.212. The van der Waals surface area contributed by atoms with Crippen molar-refractivity contribution in [1.29, 1.82) is 0 Å². The Labute approximate surface area is 112 Å². The molecule has 19 heavy (non-hydrogen) atoms. The van der Waals surface area contributed by atoms with Crippen molar-refractivity contribution in [2.75, 3.05) is 5.32 Å². The average Bonchev–Trinajstić information content (AvgIpc) is 2.88. The van der Waals surface area contributed by atoms with E-state index in [-0.39, 0.29) is 12.5 Å². The van der Waals surface area contributed by atoms with Crippen LogP contribution >= 0.6 is 0 Å². The van der Waals surface area contributed by atoms with Gasteiger partial charge >= 0.3 is 0 Å². The SMILES string of the molecule is CC(C)c1ccc(NC(=O)c2coc(CO)c2)cc1. The fraction of sp³-hybridized carbons (Fsp3) is 0.267. The summed E-state index contributed by atoms with van der Waals surface area (Å²) in [5.41, 5.74) is 2.36. The van der Waals surface area contributed by atoms with E-state index in [0.29, 0.717) is 17.2 Å². The van der Waals surface area contributed by atoms with Gasteiger partial charge in [0, 0.05) is 5.69 Å². The van der Waals surface area contributed by atoms with Gasteiger partial charge < -0.3 is 14.8 Å². The highest BCUT2D eigenvalue weighted by molar-refractivity contribution is 6.04. The summed E-state index contributed by atoms with van der Waals surface area (Å²) in [6.45, 7) is 4.03. The number of benzene rings is 1. The predicted octanol–water partition coefficient (Wildman–Crippen LogP) is 3.15. The van der Waals surface area contributed by atoms with E-state index in [0.717, 1.165) is 5.69 Å². The molecule has 2 aromatic rings. The molecule has 1 aromatic carbocycles. The summed E-state index contributed by atoms with van der Waals surface area (Å²) in [5, 5.41) is 11.7. The van der Waals surface area contributed by atoms with Gasteiger partial charge in [-0.15, -0.1) is 0 Å². The third kappa shape index (κ3) is 3.23. The Kier molecular flexibility index (Phi) is 4.02. The summed E-state index contributed by atoms with van der Waals surface area (Å²) in [4.78, 5) is 11.9. The molecule has 100 valence electrons. The number of anilines is 1. The van der Waals surface area contributed by atoms with Crippen molar-refractivity contribution in [2.45, 2.75) is 26.4 Å². The van der Waals surface area contributed by atoms with Crippen LogP contribution in [0.5, 0.6) is 0 Å². The number of hydrogen-bond acceptors (Lipinski definition) is 3. The molecule has 0 spiro atoms. The van der Waals surface area contributed by atoms with E-state index in [4.69, 9.17) is 9.52 Å². The van der Waals surface area contributed by atoms with Gasteiger partial charge in [-0.25, -0.2) is 0 Å². The Bertz CT molecular complexity index is 555. The van der Waals surface area contributed by atoms with Crippen molar-refractivity contribution in [2.24, 2.45) is 0 Å². The van der Waals surface area contributed by atoms with Crippen LogP contribution in [-0.2, 0) is 6.61 Å². The molecule has 0 unspecified atom stereocenters. The summed E-state index contributed by atoms with van der Waals surface area (Å²) in [7, 11) is 0. The Morgan fingerprint density at radius 2 is 2.00 bits per heavy atom. The van der Waals surface area contributed by atoms with E-state index < -0.39 is 0 Å². The first-order valence-electron chi connectivity index (χ1n) is 6.19. The van der Waals surface area contributed by atoms with Gasteiger partial charge in [0.15, 0.2) is 0 Å². The van der Waals surface area contributed by atoms with Gasteiger partial charge in [-0.3, -0.25) is 4.79 Å². The number of aliphatic hydroxyl groups is 1. The lowest BCUT2D eigenvalue weighted by molar-refractivity contribution is 0.102. The minimum Gasteiger partial charge on any atom is -0.466 e. The van der Waals surface area contributed by atoms with Crippen molar-refractivity contribution in [3.05, 3.63) is 53.5 Å². The number of carbonyl (C=O) groups excluding carboxylic acids is 1. The first-order chi connectivity index (χ1) is 9.10. The van der Waals surface area contributed by atoms with E-state index in [9.17, 15) is 4.79 Å². The Balaban J connectivity index is 2.06. The van der Waals surface area contributed by atoms with E-state index in [1.165, 1.54) is 17.9 Å². The van der Waals surface area contributed by atoms with Crippen LogP contribution in [0.3, 0.4) is 0 Å². The molecule has 2 N–H and O–H groups in total. The molecule has 2 rings (SSSR count). The van der Waals surface area contributed by atoms with Crippen LogP contribution in [0.1, 0.15) is 41.4 Å². The number of nitrogens with one attached hydrogen (secondary N) is 1. The molecule has 4 heteroatoms. The molecule has 0 bridgehead atoms. The standard InChI is InChI=1S/C15H17NO3/c1-10(2)11-3-5-13(6-4-11)16-15(18)12-7-14(8-17)19-9-12/h3-7,9-10,17H,8H2,1-2H3,(H,16,18). The zero-order chi connectivity index (χ0) is 13.8. The van der Waals surface area contributed by atoms with E-state index in [2.05, 4.69) is 19.2 Å². The summed E-state index contributed by atoms with van der Waals surface area (Å²) in [5.74, 6) is 0.590. The topological polar surface area (TPSA) is 62.5 Å². The molecule has 0 saturated carbocycles. The molecule has 1 aromatic heterocycles. The maximum atomic E-state index is 11.9. The third-order valence-corrected chi connectivity index (χ3v) is 2.91. The normalized spacial score (nSPS) is 10.7. The number of furan rings is 1. The van der Waals surface area contributed by atoms with Gasteiger partial charge in [0.05, 0.1) is 5.56 Å². The average molecular weight is 259 g/mol. The third-order valence-electron chi connectivity index (χ3n) is 2.91. The number of hydrogen-bond donors (Lipinski definition) is 2. The minimum atomic E-state index is -0.249. The second-order valence-electron chi connectivity index (χ2n) is 4.69. The summed E-state index contributed by atoms with van der Waals surface area (Å²) in [6, 6.07) is 9.27. The zero-order valence-corrected chi connectivity index (χ0v) is 11.0. The predicted molar refractivity (Wildman–Crippen MR) is 73.1 cm³/mol. The first-order valence-corrected chi connectivity index (χ1v) is 6.19. The van der Waals surface area contributed by atoms with Crippen LogP contribution in [0.4, 0.5) is 5.69 Å². The monoisotopic (exact) mass is 259 g/mol. The van der Waals surface area contributed by atoms with Crippen LogP contribution in [-0.4, -0.2) is 11.0 Å². The molecule has 0 saturated heterocycles. The van der Waals surface area contributed by atoms with Crippen molar-refractivity contribution < 1.29 is 14.3 Å². The fourth-order valence-corrected chi connectivity index (χ4v) is 1.74. The van der Waals surface area contributed by atoms with Crippen LogP contribution in [0.15, 0.2) is 41.0 Å². The molecule has 0 fully saturated rings. The lowest BCUT2D eigenvalue weighted by Gasteiger charge is -2.07. The van der Waals surface area contributed by atoms with Crippen LogP contribution < -0.4 is 5.32 Å². The molecule has 0 atom stereocenters. The van der Waals surface area contributed by atoms with Crippen LogP contribution in [0.2, 0.25) is 0 Å². The van der Waals surface area contributed by atoms with E-state index in [1.807, 2.05) is 24.3 Å². The molecule has 1 heterocycles. The van der Waals surface area contributed by atoms with Gasteiger partial charge in [0.1, 0.15) is 18.6 Å². The number of aliphatic hydroxyl groups excluding tert-OH is 1. The van der Waals surface area contributed by atoms with E-state index >= 15 is 0 Å². The highest BCUT2D eigenvalue weighted by Crippen LogP contribution is 2.18. The number of carbonyl (C=O) groups is 1. The summed E-state index contributed by atoms with van der Waals surface area (Å²) in [6.07, 6.45) is 1.34. The van der Waals surface area contributed by atoms with Crippen LogP contribution in [0.25, 0.3) is 0 Å². The molecule has 0 aliphatic carbocycles. The van der Waals surface area contributed by atoms with Crippen molar-refractivity contribution >= 4 is 11.6 Å². The number of amides is 1. The Morgan fingerprint density at radius 3 is 2.53 bits per heavy atom. The summed E-state index contributed by atoms with van der Waals surface area (Å²) >= 11 is 0. The Morgan fingerprint density at radius 1 is 1.32 bits per heavy atom. The van der Waals surface area contributed by atoms with Gasteiger partial charge in [-0.2, -0.15) is 0 Å². The quantitative estimate of drug-likeness (QED) is 0.886. The fourth-order valence-electron chi connectivity index (χ4n) is 1.74. The number of rotatable bonds is 4.